The average molecular weight is 224 g/mol. The van der Waals surface area contributed by atoms with Gasteiger partial charge in [0, 0.05) is 6.54 Å². The highest BCUT2D eigenvalue weighted by Gasteiger charge is 2.38. The van der Waals surface area contributed by atoms with Gasteiger partial charge in [-0.05, 0) is 24.2 Å². The maximum Gasteiger partial charge on any atom is 0.241 e. The van der Waals surface area contributed by atoms with Gasteiger partial charge in [0.1, 0.15) is 0 Å². The largest absolute Gasteiger partial charge is 0.328 e. The average Bonchev–Trinajstić information content (AvgIpc) is 2.76. The van der Waals surface area contributed by atoms with Crippen LogP contribution >= 0.6 is 0 Å². The first-order valence-electron chi connectivity index (χ1n) is 6.54. The van der Waals surface area contributed by atoms with Crippen LogP contribution in [0.1, 0.15) is 46.5 Å². The highest BCUT2D eigenvalue weighted by Crippen LogP contribution is 2.38. The fourth-order valence-corrected chi connectivity index (χ4v) is 3.07. The van der Waals surface area contributed by atoms with Gasteiger partial charge >= 0.3 is 0 Å². The summed E-state index contributed by atoms with van der Waals surface area (Å²) < 4.78 is 0. The van der Waals surface area contributed by atoms with Gasteiger partial charge in [-0.25, -0.2) is 0 Å². The van der Waals surface area contributed by atoms with Gasteiger partial charge in [0.05, 0.1) is 12.7 Å². The van der Waals surface area contributed by atoms with E-state index in [1.165, 1.54) is 25.7 Å². The molecule has 1 unspecified atom stereocenters. The number of nitrogens with one attached hydrogen (secondary N) is 1. The standard InChI is InChI=1S/C13H24N2O/c1-10(2)11-12(16)15(9-14-11)8-13(3)6-4-5-7-13/h10-11,14H,4-9H2,1-3H3. The molecule has 0 aromatic carbocycles. The number of amides is 1. The lowest BCUT2D eigenvalue weighted by Crippen LogP contribution is -2.38. The van der Waals surface area contributed by atoms with Crippen molar-refractivity contribution < 1.29 is 4.79 Å². The quantitative estimate of drug-likeness (QED) is 0.795. The lowest BCUT2D eigenvalue weighted by molar-refractivity contribution is -0.130. The Morgan fingerprint density at radius 2 is 2.06 bits per heavy atom. The van der Waals surface area contributed by atoms with Crippen molar-refractivity contribution >= 4 is 5.91 Å². The first-order chi connectivity index (χ1) is 7.52. The number of hydrogen-bond donors (Lipinski definition) is 1. The summed E-state index contributed by atoms with van der Waals surface area (Å²) in [5, 5.41) is 3.32. The molecule has 1 aliphatic heterocycles. The number of nitrogens with zero attached hydrogens (tertiary/aromatic N) is 1. The van der Waals surface area contributed by atoms with Crippen molar-refractivity contribution in [2.75, 3.05) is 13.2 Å². The van der Waals surface area contributed by atoms with E-state index in [0.29, 0.717) is 17.2 Å². The van der Waals surface area contributed by atoms with Crippen LogP contribution in [0.25, 0.3) is 0 Å². The Hall–Kier alpha value is -0.570. The van der Waals surface area contributed by atoms with Crippen molar-refractivity contribution in [1.82, 2.24) is 10.2 Å². The van der Waals surface area contributed by atoms with Crippen LogP contribution in [0.2, 0.25) is 0 Å². The van der Waals surface area contributed by atoms with E-state index in [-0.39, 0.29) is 6.04 Å². The van der Waals surface area contributed by atoms with E-state index in [2.05, 4.69) is 26.1 Å². The Kier molecular flexibility index (Phi) is 3.24. The highest BCUT2D eigenvalue weighted by molar-refractivity contribution is 5.84. The van der Waals surface area contributed by atoms with Gasteiger partial charge in [0.25, 0.3) is 0 Å². The minimum Gasteiger partial charge on any atom is -0.328 e. The van der Waals surface area contributed by atoms with E-state index in [4.69, 9.17) is 0 Å². The third kappa shape index (κ3) is 2.24. The van der Waals surface area contributed by atoms with Gasteiger partial charge in [0.2, 0.25) is 5.91 Å². The summed E-state index contributed by atoms with van der Waals surface area (Å²) in [6, 6.07) is 0.0463. The first-order valence-corrected chi connectivity index (χ1v) is 6.54. The van der Waals surface area contributed by atoms with E-state index in [0.717, 1.165) is 13.2 Å². The second-order valence-electron chi connectivity index (χ2n) is 6.14. The normalized spacial score (nSPS) is 29.4. The predicted octanol–water partition coefficient (Wildman–Crippen LogP) is 1.98. The Morgan fingerprint density at radius 3 is 2.56 bits per heavy atom. The maximum atomic E-state index is 12.1. The lowest BCUT2D eigenvalue weighted by atomic mass is 9.88. The van der Waals surface area contributed by atoms with Crippen LogP contribution in [0.4, 0.5) is 0 Å². The summed E-state index contributed by atoms with van der Waals surface area (Å²) in [6.45, 7) is 8.24. The van der Waals surface area contributed by atoms with Crippen molar-refractivity contribution in [3.05, 3.63) is 0 Å². The van der Waals surface area contributed by atoms with Crippen molar-refractivity contribution in [2.24, 2.45) is 11.3 Å². The van der Waals surface area contributed by atoms with Crippen LogP contribution in [0.5, 0.6) is 0 Å². The summed E-state index contributed by atoms with van der Waals surface area (Å²) in [7, 11) is 0. The van der Waals surface area contributed by atoms with Gasteiger partial charge < -0.3 is 4.90 Å². The van der Waals surface area contributed by atoms with E-state index in [9.17, 15) is 4.79 Å². The Morgan fingerprint density at radius 1 is 1.44 bits per heavy atom. The van der Waals surface area contributed by atoms with Gasteiger partial charge in [-0.15, -0.1) is 0 Å². The van der Waals surface area contributed by atoms with Crippen molar-refractivity contribution in [3.63, 3.8) is 0 Å². The minimum atomic E-state index is 0.0463. The molecule has 1 aliphatic carbocycles. The van der Waals surface area contributed by atoms with Crippen LogP contribution < -0.4 is 5.32 Å². The molecule has 1 atom stereocenters. The summed E-state index contributed by atoms with van der Waals surface area (Å²) in [6.07, 6.45) is 5.23. The fraction of sp³-hybridized carbons (Fsp3) is 0.923. The van der Waals surface area contributed by atoms with Crippen molar-refractivity contribution in [1.29, 1.82) is 0 Å². The van der Waals surface area contributed by atoms with Gasteiger partial charge in [-0.1, -0.05) is 33.6 Å². The molecule has 0 bridgehead atoms. The molecule has 2 rings (SSSR count). The minimum absolute atomic E-state index is 0.0463. The smallest absolute Gasteiger partial charge is 0.241 e. The van der Waals surface area contributed by atoms with E-state index in [1.807, 2.05) is 4.90 Å². The number of carbonyl (C=O) groups is 1. The van der Waals surface area contributed by atoms with Crippen LogP contribution in [-0.2, 0) is 4.79 Å². The monoisotopic (exact) mass is 224 g/mol. The molecule has 1 heterocycles. The summed E-state index contributed by atoms with van der Waals surface area (Å²) in [5.74, 6) is 0.706. The van der Waals surface area contributed by atoms with Crippen molar-refractivity contribution in [2.45, 2.75) is 52.5 Å². The fourth-order valence-electron chi connectivity index (χ4n) is 3.07. The van der Waals surface area contributed by atoms with Crippen LogP contribution in [0.3, 0.4) is 0 Å². The molecule has 2 fully saturated rings. The molecule has 0 radical (unpaired) electrons. The molecule has 92 valence electrons. The first kappa shape index (κ1) is 11.9. The Bertz CT molecular complexity index is 269. The second kappa shape index (κ2) is 4.36. The third-order valence-electron chi connectivity index (χ3n) is 4.13. The molecule has 1 saturated heterocycles. The summed E-state index contributed by atoms with van der Waals surface area (Å²) in [4.78, 5) is 14.2. The van der Waals surface area contributed by atoms with E-state index in [1.54, 1.807) is 0 Å². The second-order valence-corrected chi connectivity index (χ2v) is 6.14. The number of carbonyl (C=O) groups excluding carboxylic acids is 1. The lowest BCUT2D eigenvalue weighted by Gasteiger charge is -2.29. The molecule has 3 heteroatoms. The highest BCUT2D eigenvalue weighted by atomic mass is 16.2. The Labute approximate surface area is 98.6 Å². The van der Waals surface area contributed by atoms with E-state index >= 15 is 0 Å². The molecule has 0 spiro atoms. The Balaban J connectivity index is 1.94. The SMILES string of the molecule is CC(C)C1NCN(CC2(C)CCCC2)C1=O. The zero-order valence-corrected chi connectivity index (χ0v) is 10.8. The van der Waals surface area contributed by atoms with Crippen LogP contribution in [0, 0.1) is 11.3 Å². The topological polar surface area (TPSA) is 32.3 Å². The van der Waals surface area contributed by atoms with Crippen molar-refractivity contribution in [3.8, 4) is 0 Å². The molecule has 3 nitrogen and oxygen atoms in total. The molecule has 1 N–H and O–H groups in total. The molecule has 16 heavy (non-hydrogen) atoms. The van der Waals surface area contributed by atoms with E-state index < -0.39 is 0 Å². The molecule has 0 aromatic rings. The number of rotatable bonds is 3. The summed E-state index contributed by atoms with van der Waals surface area (Å²) >= 11 is 0. The third-order valence-corrected chi connectivity index (χ3v) is 4.13. The molecular formula is C13H24N2O. The zero-order chi connectivity index (χ0) is 11.8. The zero-order valence-electron chi connectivity index (χ0n) is 10.8. The maximum absolute atomic E-state index is 12.1. The van der Waals surface area contributed by atoms with Gasteiger partial charge in [0.15, 0.2) is 0 Å². The van der Waals surface area contributed by atoms with Crippen LogP contribution in [-0.4, -0.2) is 30.1 Å². The van der Waals surface area contributed by atoms with Gasteiger partial charge in [-0.2, -0.15) is 0 Å². The summed E-state index contributed by atoms with van der Waals surface area (Å²) in [5.41, 5.74) is 0.378. The predicted molar refractivity (Wildman–Crippen MR) is 64.9 cm³/mol. The van der Waals surface area contributed by atoms with Crippen LogP contribution in [0.15, 0.2) is 0 Å². The molecule has 1 saturated carbocycles. The molecule has 1 amide bonds. The molecule has 0 aromatic heterocycles. The molecule has 2 aliphatic rings. The number of hydrogen-bond acceptors (Lipinski definition) is 2. The molecular weight excluding hydrogens is 200 g/mol. The van der Waals surface area contributed by atoms with Gasteiger partial charge in [-0.3, -0.25) is 10.1 Å².